The van der Waals surface area contributed by atoms with E-state index in [0.717, 1.165) is 10.8 Å². The van der Waals surface area contributed by atoms with Crippen LogP contribution in [-0.2, 0) is 14.3 Å². The molecule has 35 heavy (non-hydrogen) atoms. The van der Waals surface area contributed by atoms with Crippen molar-refractivity contribution in [3.8, 4) is 0 Å². The summed E-state index contributed by atoms with van der Waals surface area (Å²) >= 11 is 3.16. The van der Waals surface area contributed by atoms with Crippen molar-refractivity contribution in [2.24, 2.45) is 0 Å². The number of halogens is 1. The van der Waals surface area contributed by atoms with E-state index in [9.17, 15) is 19.2 Å². The molecule has 0 N–H and O–H groups in total. The number of ether oxygens (including phenoxy) is 2. The number of ketones is 2. The van der Waals surface area contributed by atoms with Crippen LogP contribution in [0.5, 0.6) is 0 Å². The summed E-state index contributed by atoms with van der Waals surface area (Å²) in [5.41, 5.74) is 1.23. The van der Waals surface area contributed by atoms with Crippen molar-refractivity contribution in [1.29, 1.82) is 0 Å². The molecule has 1 fully saturated rings. The lowest BCUT2D eigenvalue weighted by Crippen LogP contribution is -2.44. The van der Waals surface area contributed by atoms with Gasteiger partial charge in [-0.15, -0.1) is 0 Å². The minimum absolute atomic E-state index is 0.0578. The molecule has 4 rings (SSSR count). The number of likely N-dealkylation sites (tertiary alicyclic amines) is 1. The summed E-state index contributed by atoms with van der Waals surface area (Å²) in [4.78, 5) is 51.1. The molecule has 0 bridgehead atoms. The van der Waals surface area contributed by atoms with Gasteiger partial charge in [0, 0.05) is 28.4 Å². The number of alkyl halides is 1. The zero-order chi connectivity index (χ0) is 25.3. The van der Waals surface area contributed by atoms with Crippen LogP contribution in [0, 0.1) is 0 Å². The van der Waals surface area contributed by atoms with Crippen LogP contribution in [0.2, 0.25) is 0 Å². The van der Waals surface area contributed by atoms with Gasteiger partial charge in [-0.1, -0.05) is 28.1 Å². The van der Waals surface area contributed by atoms with E-state index < -0.39 is 36.1 Å². The van der Waals surface area contributed by atoms with E-state index in [2.05, 4.69) is 15.9 Å². The molecular formula is C26H26BrNO7. The first-order valence-electron chi connectivity index (χ1n) is 11.3. The van der Waals surface area contributed by atoms with Crippen LogP contribution in [0.3, 0.4) is 0 Å². The van der Waals surface area contributed by atoms with Gasteiger partial charge in [-0.25, -0.2) is 9.59 Å². The van der Waals surface area contributed by atoms with Crippen LogP contribution in [0.1, 0.15) is 54.3 Å². The number of carbonyl (C=O) groups is 4. The summed E-state index contributed by atoms with van der Waals surface area (Å²) in [6.07, 6.45) is 0.537. The van der Waals surface area contributed by atoms with Crippen molar-refractivity contribution in [3.63, 3.8) is 0 Å². The number of rotatable bonds is 6. The van der Waals surface area contributed by atoms with Crippen molar-refractivity contribution in [1.82, 2.24) is 4.90 Å². The molecule has 184 valence electrons. The molecule has 0 spiro atoms. The third-order valence-electron chi connectivity index (χ3n) is 5.74. The van der Waals surface area contributed by atoms with E-state index in [4.69, 9.17) is 13.9 Å². The number of esters is 1. The highest BCUT2D eigenvalue weighted by Crippen LogP contribution is 2.30. The molecule has 1 amide bonds. The SMILES string of the molecule is CC(C)(C)OC(=O)N1CCC[C@@H]1C(=O)OCC(=O)c1ccc2c(c1)oc1cc(C(=O)CBr)ccc12. The van der Waals surface area contributed by atoms with Gasteiger partial charge in [0.05, 0.1) is 5.33 Å². The van der Waals surface area contributed by atoms with Gasteiger partial charge in [0.25, 0.3) is 0 Å². The van der Waals surface area contributed by atoms with E-state index in [0.29, 0.717) is 41.7 Å². The molecular weight excluding hydrogens is 518 g/mol. The fraction of sp³-hybridized carbons (Fsp3) is 0.385. The van der Waals surface area contributed by atoms with Gasteiger partial charge in [0.1, 0.15) is 22.8 Å². The van der Waals surface area contributed by atoms with Crippen molar-refractivity contribution >= 4 is 61.5 Å². The van der Waals surface area contributed by atoms with Gasteiger partial charge < -0.3 is 13.9 Å². The van der Waals surface area contributed by atoms with E-state index in [1.807, 2.05) is 6.07 Å². The number of Topliss-reactive ketones (excluding diaryl/α,β-unsaturated/α-hetero) is 2. The van der Waals surface area contributed by atoms with Crippen molar-refractivity contribution in [3.05, 3.63) is 47.5 Å². The molecule has 0 unspecified atom stereocenters. The van der Waals surface area contributed by atoms with Crippen LogP contribution in [0.25, 0.3) is 21.9 Å². The van der Waals surface area contributed by atoms with Crippen molar-refractivity contribution < 1.29 is 33.1 Å². The molecule has 0 aliphatic carbocycles. The Morgan fingerprint density at radius 3 is 2.17 bits per heavy atom. The molecule has 1 aliphatic rings. The Morgan fingerprint density at radius 2 is 1.60 bits per heavy atom. The molecule has 1 aromatic heterocycles. The second-order valence-corrected chi connectivity index (χ2v) is 10.0. The zero-order valence-electron chi connectivity index (χ0n) is 19.8. The van der Waals surface area contributed by atoms with Gasteiger partial charge in [-0.05, 0) is 57.9 Å². The average molecular weight is 544 g/mol. The summed E-state index contributed by atoms with van der Waals surface area (Å²) in [6.45, 7) is 5.22. The molecule has 1 aliphatic heterocycles. The largest absolute Gasteiger partial charge is 0.456 e. The van der Waals surface area contributed by atoms with Crippen LogP contribution in [0.15, 0.2) is 40.8 Å². The lowest BCUT2D eigenvalue weighted by molar-refractivity contribution is -0.147. The number of benzene rings is 2. The molecule has 9 heteroatoms. The summed E-state index contributed by atoms with van der Waals surface area (Å²) in [7, 11) is 0. The Hall–Kier alpha value is -3.20. The van der Waals surface area contributed by atoms with E-state index in [-0.39, 0.29) is 11.1 Å². The molecule has 2 aromatic carbocycles. The highest BCUT2D eigenvalue weighted by molar-refractivity contribution is 9.09. The fourth-order valence-corrected chi connectivity index (χ4v) is 4.39. The third kappa shape index (κ3) is 5.40. The highest BCUT2D eigenvalue weighted by atomic mass is 79.9. The lowest BCUT2D eigenvalue weighted by Gasteiger charge is -2.27. The topological polar surface area (TPSA) is 103 Å². The van der Waals surface area contributed by atoms with Gasteiger partial charge in [0.2, 0.25) is 0 Å². The van der Waals surface area contributed by atoms with E-state index in [1.54, 1.807) is 51.1 Å². The fourth-order valence-electron chi connectivity index (χ4n) is 4.07. The lowest BCUT2D eigenvalue weighted by atomic mass is 10.1. The predicted molar refractivity (Wildman–Crippen MR) is 133 cm³/mol. The number of hydrogen-bond donors (Lipinski definition) is 0. The van der Waals surface area contributed by atoms with E-state index >= 15 is 0 Å². The minimum atomic E-state index is -0.771. The number of amides is 1. The Morgan fingerprint density at radius 1 is 1.00 bits per heavy atom. The second-order valence-electron chi connectivity index (χ2n) is 9.44. The molecule has 0 radical (unpaired) electrons. The zero-order valence-corrected chi connectivity index (χ0v) is 21.3. The van der Waals surface area contributed by atoms with Crippen molar-refractivity contribution in [2.75, 3.05) is 18.5 Å². The first kappa shape index (κ1) is 24.9. The summed E-state index contributed by atoms with van der Waals surface area (Å²) in [6, 6.07) is 9.48. The van der Waals surface area contributed by atoms with Crippen LogP contribution in [0.4, 0.5) is 4.79 Å². The maximum atomic E-state index is 12.7. The number of nitrogens with zero attached hydrogens (tertiary/aromatic N) is 1. The Labute approximate surface area is 210 Å². The number of carbonyl (C=O) groups excluding carboxylic acids is 4. The van der Waals surface area contributed by atoms with Gasteiger partial charge >= 0.3 is 12.1 Å². The maximum absolute atomic E-state index is 12.7. The number of furan rings is 1. The first-order chi connectivity index (χ1) is 16.6. The Bertz CT molecular complexity index is 1320. The van der Waals surface area contributed by atoms with Crippen molar-refractivity contribution in [2.45, 2.75) is 45.3 Å². The second kappa shape index (κ2) is 9.81. The Kier molecular flexibility index (Phi) is 6.98. The Balaban J connectivity index is 1.44. The molecule has 2 heterocycles. The molecule has 1 saturated heterocycles. The molecule has 8 nitrogen and oxygen atoms in total. The number of fused-ring (bicyclic) bond motifs is 3. The first-order valence-corrected chi connectivity index (χ1v) is 12.4. The third-order valence-corrected chi connectivity index (χ3v) is 6.25. The summed E-state index contributed by atoms with van der Waals surface area (Å²) in [5.74, 6) is -1.08. The molecule has 0 saturated carbocycles. The summed E-state index contributed by atoms with van der Waals surface area (Å²) in [5, 5.41) is 1.86. The highest BCUT2D eigenvalue weighted by Gasteiger charge is 2.37. The van der Waals surface area contributed by atoms with Gasteiger partial charge in [0.15, 0.2) is 18.2 Å². The molecule has 3 aromatic rings. The smallest absolute Gasteiger partial charge is 0.411 e. The molecule has 1 atom stereocenters. The summed E-state index contributed by atoms with van der Waals surface area (Å²) < 4.78 is 16.5. The maximum Gasteiger partial charge on any atom is 0.411 e. The quantitative estimate of drug-likeness (QED) is 0.236. The van der Waals surface area contributed by atoms with Crippen LogP contribution >= 0.6 is 15.9 Å². The van der Waals surface area contributed by atoms with Crippen LogP contribution in [-0.4, -0.2) is 58.7 Å². The van der Waals surface area contributed by atoms with Gasteiger partial charge in [-0.2, -0.15) is 0 Å². The standard InChI is InChI=1S/C26H26BrNO7/c1-26(2,3)35-25(32)28-10-4-5-19(28)24(31)33-14-21(30)16-7-9-18-17-8-6-15(20(29)13-27)11-22(17)34-23(18)12-16/h6-9,11-12,19H,4-5,10,13-14H2,1-3H3/t19-/m1/s1. The normalized spacial score (nSPS) is 16.0. The predicted octanol–water partition coefficient (Wildman–Crippen LogP) is 5.29. The monoisotopic (exact) mass is 543 g/mol. The minimum Gasteiger partial charge on any atom is -0.456 e. The van der Waals surface area contributed by atoms with Crippen LogP contribution < -0.4 is 0 Å². The average Bonchev–Trinajstić information content (AvgIpc) is 3.44. The number of hydrogen-bond acceptors (Lipinski definition) is 7. The van der Waals surface area contributed by atoms with Gasteiger partial charge in [-0.3, -0.25) is 14.5 Å². The van der Waals surface area contributed by atoms with E-state index in [1.165, 1.54) is 4.90 Å².